The zero-order chi connectivity index (χ0) is 13.4. The average Bonchev–Trinajstić information content (AvgIpc) is 2.55. The third-order valence-corrected chi connectivity index (χ3v) is 5.28. The van der Waals surface area contributed by atoms with Crippen molar-refractivity contribution in [3.05, 3.63) is 0 Å². The summed E-state index contributed by atoms with van der Waals surface area (Å²) in [6.45, 7) is 9.10. The Kier molecular flexibility index (Phi) is 8.11. The summed E-state index contributed by atoms with van der Waals surface area (Å²) in [4.78, 5) is 2.59. The Labute approximate surface area is 115 Å². The highest BCUT2D eigenvalue weighted by Crippen LogP contribution is 2.11. The second kappa shape index (κ2) is 9.05. The van der Waals surface area contributed by atoms with Crippen molar-refractivity contribution < 1.29 is 4.21 Å². The molecule has 1 rings (SSSR count). The Morgan fingerprint density at radius 2 is 2.17 bits per heavy atom. The van der Waals surface area contributed by atoms with E-state index >= 15 is 0 Å². The van der Waals surface area contributed by atoms with E-state index in [2.05, 4.69) is 24.1 Å². The zero-order valence-electron chi connectivity index (χ0n) is 12.3. The molecule has 0 aromatic rings. The first-order chi connectivity index (χ1) is 8.63. The van der Waals surface area contributed by atoms with Gasteiger partial charge in [0, 0.05) is 28.3 Å². The second-order valence-electron chi connectivity index (χ2n) is 5.52. The van der Waals surface area contributed by atoms with Gasteiger partial charge in [-0.25, -0.2) is 0 Å². The normalized spacial score (nSPS) is 25.6. The van der Waals surface area contributed by atoms with Gasteiger partial charge in [-0.1, -0.05) is 13.8 Å². The van der Waals surface area contributed by atoms with Crippen molar-refractivity contribution in [3.63, 3.8) is 0 Å². The van der Waals surface area contributed by atoms with Crippen LogP contribution in [0, 0.1) is 0 Å². The van der Waals surface area contributed by atoms with Crippen molar-refractivity contribution in [2.75, 3.05) is 32.4 Å². The summed E-state index contributed by atoms with van der Waals surface area (Å²) in [5.41, 5.74) is 0. The summed E-state index contributed by atoms with van der Waals surface area (Å²) < 4.78 is 11.3. The minimum absolute atomic E-state index is 0.319. The van der Waals surface area contributed by atoms with Crippen LogP contribution >= 0.6 is 0 Å². The predicted octanol–water partition coefficient (Wildman–Crippen LogP) is 2.00. The van der Waals surface area contributed by atoms with Gasteiger partial charge >= 0.3 is 0 Å². The fraction of sp³-hybridized carbons (Fsp3) is 1.00. The molecule has 0 bridgehead atoms. The summed E-state index contributed by atoms with van der Waals surface area (Å²) in [5.74, 6) is 0. The lowest BCUT2D eigenvalue weighted by Crippen LogP contribution is -2.33. The van der Waals surface area contributed by atoms with E-state index in [9.17, 15) is 4.21 Å². The molecule has 1 aliphatic heterocycles. The van der Waals surface area contributed by atoms with Crippen LogP contribution in [0.2, 0.25) is 0 Å². The largest absolute Gasteiger partial charge is 0.314 e. The lowest BCUT2D eigenvalue weighted by atomic mass is 10.1. The highest BCUT2D eigenvalue weighted by atomic mass is 32.2. The van der Waals surface area contributed by atoms with E-state index in [-0.39, 0.29) is 0 Å². The number of nitrogens with one attached hydrogen (secondary N) is 1. The molecule has 4 heteroatoms. The molecule has 0 aromatic heterocycles. The fourth-order valence-electron chi connectivity index (χ4n) is 2.56. The van der Waals surface area contributed by atoms with E-state index in [1.165, 1.54) is 45.3 Å². The molecule has 3 nitrogen and oxygen atoms in total. The quantitative estimate of drug-likeness (QED) is 0.771. The van der Waals surface area contributed by atoms with Gasteiger partial charge in [-0.15, -0.1) is 0 Å². The third-order valence-electron chi connectivity index (χ3n) is 3.91. The summed E-state index contributed by atoms with van der Waals surface area (Å²) in [6, 6.07) is 0.671. The van der Waals surface area contributed by atoms with Crippen LogP contribution in [0.1, 0.15) is 46.0 Å². The van der Waals surface area contributed by atoms with Crippen LogP contribution in [0.25, 0.3) is 0 Å². The molecule has 1 N–H and O–H groups in total. The molecule has 18 heavy (non-hydrogen) atoms. The standard InChI is InChI=1S/C14H30N2OS/c1-4-10-16-11-5-6-14(8-12-16)15-9-7-13(2)18(3)17/h13-15H,4-12H2,1-3H3. The first-order valence-electron chi connectivity index (χ1n) is 7.41. The number of hydrogen-bond donors (Lipinski definition) is 1. The van der Waals surface area contributed by atoms with Crippen molar-refractivity contribution in [3.8, 4) is 0 Å². The molecular weight excluding hydrogens is 244 g/mol. The van der Waals surface area contributed by atoms with Crippen molar-refractivity contribution >= 4 is 10.8 Å². The number of hydrogen-bond acceptors (Lipinski definition) is 3. The summed E-state index contributed by atoms with van der Waals surface area (Å²) in [6.07, 6.45) is 7.97. The van der Waals surface area contributed by atoms with E-state index < -0.39 is 10.8 Å². The monoisotopic (exact) mass is 274 g/mol. The van der Waals surface area contributed by atoms with Gasteiger partial charge in [-0.2, -0.15) is 0 Å². The van der Waals surface area contributed by atoms with E-state index in [0.717, 1.165) is 13.0 Å². The van der Waals surface area contributed by atoms with E-state index in [4.69, 9.17) is 0 Å². The van der Waals surface area contributed by atoms with Gasteiger partial charge in [0.05, 0.1) is 0 Å². The van der Waals surface area contributed by atoms with Crippen LogP contribution < -0.4 is 5.32 Å². The number of nitrogens with zero attached hydrogens (tertiary/aromatic N) is 1. The third kappa shape index (κ3) is 6.30. The zero-order valence-corrected chi connectivity index (χ0v) is 13.1. The summed E-state index contributed by atoms with van der Waals surface area (Å²) in [5, 5.41) is 3.97. The molecule has 0 radical (unpaired) electrons. The van der Waals surface area contributed by atoms with Crippen LogP contribution in [-0.4, -0.2) is 52.8 Å². The van der Waals surface area contributed by atoms with Gasteiger partial charge in [0.25, 0.3) is 0 Å². The van der Waals surface area contributed by atoms with E-state index in [0.29, 0.717) is 11.3 Å². The van der Waals surface area contributed by atoms with Gasteiger partial charge < -0.3 is 10.2 Å². The maximum atomic E-state index is 11.3. The van der Waals surface area contributed by atoms with Crippen LogP contribution in [0.5, 0.6) is 0 Å². The Morgan fingerprint density at radius 1 is 1.39 bits per heavy atom. The average molecular weight is 274 g/mol. The van der Waals surface area contributed by atoms with Gasteiger partial charge in [-0.05, 0) is 58.3 Å². The molecule has 1 heterocycles. The van der Waals surface area contributed by atoms with Crippen molar-refractivity contribution in [1.82, 2.24) is 10.2 Å². The minimum atomic E-state index is -0.677. The summed E-state index contributed by atoms with van der Waals surface area (Å²) in [7, 11) is -0.677. The SMILES string of the molecule is CCCN1CCCC(NCCC(C)S(C)=O)CC1. The second-order valence-corrected chi connectivity index (χ2v) is 7.32. The molecule has 3 unspecified atom stereocenters. The first kappa shape index (κ1) is 16.1. The molecule has 0 spiro atoms. The van der Waals surface area contributed by atoms with Gasteiger partial charge in [0.1, 0.15) is 0 Å². The Morgan fingerprint density at radius 3 is 2.83 bits per heavy atom. The van der Waals surface area contributed by atoms with Crippen LogP contribution in [0.4, 0.5) is 0 Å². The molecule has 3 atom stereocenters. The predicted molar refractivity (Wildman–Crippen MR) is 80.5 cm³/mol. The molecule has 1 fully saturated rings. The molecule has 0 saturated carbocycles. The lowest BCUT2D eigenvalue weighted by molar-refractivity contribution is 0.282. The number of rotatable bonds is 7. The molecule has 0 aromatic carbocycles. The Bertz CT molecular complexity index is 248. The number of likely N-dealkylation sites (tertiary alicyclic amines) is 1. The molecule has 0 aliphatic carbocycles. The molecule has 0 amide bonds. The van der Waals surface area contributed by atoms with Crippen LogP contribution in [-0.2, 0) is 10.8 Å². The molecule has 1 saturated heterocycles. The van der Waals surface area contributed by atoms with Crippen molar-refractivity contribution in [2.24, 2.45) is 0 Å². The van der Waals surface area contributed by atoms with Gasteiger partial charge in [0.2, 0.25) is 0 Å². The molecule has 1 aliphatic rings. The topological polar surface area (TPSA) is 32.3 Å². The van der Waals surface area contributed by atoms with Crippen LogP contribution in [0.15, 0.2) is 0 Å². The molecule has 108 valence electrons. The molecular formula is C14H30N2OS. The highest BCUT2D eigenvalue weighted by molar-refractivity contribution is 7.84. The van der Waals surface area contributed by atoms with Crippen LogP contribution in [0.3, 0.4) is 0 Å². The highest BCUT2D eigenvalue weighted by Gasteiger charge is 2.16. The van der Waals surface area contributed by atoms with Crippen molar-refractivity contribution in [2.45, 2.75) is 57.2 Å². The first-order valence-corrected chi connectivity index (χ1v) is 9.03. The van der Waals surface area contributed by atoms with Gasteiger partial charge in [0.15, 0.2) is 0 Å². The van der Waals surface area contributed by atoms with Crippen molar-refractivity contribution in [1.29, 1.82) is 0 Å². The smallest absolute Gasteiger partial charge is 0.0329 e. The lowest BCUT2D eigenvalue weighted by Gasteiger charge is -2.20. The summed E-state index contributed by atoms with van der Waals surface area (Å²) >= 11 is 0. The maximum absolute atomic E-state index is 11.3. The van der Waals surface area contributed by atoms with Gasteiger partial charge in [-0.3, -0.25) is 4.21 Å². The Hall–Kier alpha value is 0.0700. The minimum Gasteiger partial charge on any atom is -0.314 e. The maximum Gasteiger partial charge on any atom is 0.0329 e. The van der Waals surface area contributed by atoms with E-state index in [1.807, 2.05) is 0 Å². The fourth-order valence-corrected chi connectivity index (χ4v) is 3.01. The Balaban J connectivity index is 2.17. The van der Waals surface area contributed by atoms with E-state index in [1.54, 1.807) is 6.26 Å².